The van der Waals surface area contributed by atoms with Gasteiger partial charge in [0.2, 0.25) is 11.7 Å². The average molecular weight is 435 g/mol. The molecule has 0 aliphatic heterocycles. The molecule has 1 saturated carbocycles. The number of halogens is 3. The first-order valence-electron chi connectivity index (χ1n) is 9.14. The molecule has 0 saturated heterocycles. The van der Waals surface area contributed by atoms with Crippen molar-refractivity contribution >= 4 is 40.6 Å². The van der Waals surface area contributed by atoms with E-state index < -0.39 is 12.0 Å². The van der Waals surface area contributed by atoms with Crippen molar-refractivity contribution in [2.24, 2.45) is 17.3 Å². The van der Waals surface area contributed by atoms with Crippen LogP contribution in [0.25, 0.3) is 0 Å². The van der Waals surface area contributed by atoms with Gasteiger partial charge in [-0.05, 0) is 41.7 Å². The Bertz CT molecular complexity index is 926. The zero-order valence-corrected chi connectivity index (χ0v) is 17.5. The number of hydrogen-bond acceptors (Lipinski definition) is 3. The second-order valence-corrected chi connectivity index (χ2v) is 8.61. The molecular weight excluding hydrogens is 414 g/mol. The summed E-state index contributed by atoms with van der Waals surface area (Å²) in [6, 6.07) is 14.2. The van der Waals surface area contributed by atoms with E-state index in [2.05, 4.69) is 10.6 Å². The summed E-state index contributed by atoms with van der Waals surface area (Å²) in [4.78, 5) is 25.9. The number of Topliss-reactive ketones (excluding diaryl/α,β-unsaturated/α-hetero) is 1. The van der Waals surface area contributed by atoms with Crippen molar-refractivity contribution in [1.82, 2.24) is 5.32 Å². The van der Waals surface area contributed by atoms with Crippen LogP contribution in [0.2, 0.25) is 0 Å². The minimum Gasteiger partial charge on any atom is -0.359 e. The minimum atomic E-state index is -1.01. The van der Waals surface area contributed by atoms with Crippen LogP contribution in [0.5, 0.6) is 0 Å². The zero-order valence-electron chi connectivity index (χ0n) is 16.0. The number of amides is 1. The predicted octanol–water partition coefficient (Wildman–Crippen LogP) is 5.15. The smallest absolute Gasteiger partial charge is 0.226 e. The number of ketones is 1. The molecule has 2 aromatic rings. The maximum Gasteiger partial charge on any atom is 0.226 e. The fourth-order valence-electron chi connectivity index (χ4n) is 3.51. The van der Waals surface area contributed by atoms with Gasteiger partial charge >= 0.3 is 0 Å². The highest BCUT2D eigenvalue weighted by molar-refractivity contribution is 6.55. The number of hydrogen-bond donors (Lipinski definition) is 2. The number of rotatable bonds is 7. The fraction of sp³-hybridized carbons (Fsp3) is 0.273. The highest BCUT2D eigenvalue weighted by atomic mass is 35.5. The Hall–Kier alpha value is -2.37. The van der Waals surface area contributed by atoms with Gasteiger partial charge in [0.15, 0.2) is 6.17 Å². The van der Waals surface area contributed by atoms with Gasteiger partial charge in [0.1, 0.15) is 10.3 Å². The van der Waals surface area contributed by atoms with Gasteiger partial charge in [-0.3, -0.25) is 9.59 Å². The zero-order chi connectivity index (χ0) is 21.2. The largest absolute Gasteiger partial charge is 0.359 e. The molecule has 0 spiro atoms. The van der Waals surface area contributed by atoms with E-state index in [1.807, 2.05) is 13.8 Å². The number of anilines is 1. The third-order valence-electron chi connectivity index (χ3n) is 5.26. The maximum atomic E-state index is 13.2. The highest BCUT2D eigenvalue weighted by Crippen LogP contribution is 2.59. The summed E-state index contributed by atoms with van der Waals surface area (Å²) in [7, 11) is 0. The van der Waals surface area contributed by atoms with Crippen LogP contribution in [0.3, 0.4) is 0 Å². The van der Waals surface area contributed by atoms with Crippen molar-refractivity contribution in [2.75, 3.05) is 5.32 Å². The van der Waals surface area contributed by atoms with Gasteiger partial charge in [-0.25, -0.2) is 4.39 Å². The Morgan fingerprint density at radius 2 is 1.69 bits per heavy atom. The van der Waals surface area contributed by atoms with E-state index in [-0.39, 0.29) is 33.4 Å². The Balaban J connectivity index is 1.81. The van der Waals surface area contributed by atoms with Crippen LogP contribution in [0.1, 0.15) is 24.2 Å². The normalized spacial score (nSPS) is 20.3. The first-order valence-corrected chi connectivity index (χ1v) is 9.90. The predicted molar refractivity (Wildman–Crippen MR) is 113 cm³/mol. The van der Waals surface area contributed by atoms with Crippen molar-refractivity contribution in [3.63, 3.8) is 0 Å². The van der Waals surface area contributed by atoms with Gasteiger partial charge in [-0.15, -0.1) is 0 Å². The lowest BCUT2D eigenvalue weighted by molar-refractivity contribution is -0.123. The van der Waals surface area contributed by atoms with Gasteiger partial charge in [-0.1, -0.05) is 67.4 Å². The van der Waals surface area contributed by atoms with E-state index >= 15 is 0 Å². The van der Waals surface area contributed by atoms with Gasteiger partial charge in [0.25, 0.3) is 0 Å². The first-order chi connectivity index (χ1) is 13.7. The molecule has 7 heteroatoms. The summed E-state index contributed by atoms with van der Waals surface area (Å²) in [6.07, 6.45) is 0.636. The molecule has 1 aliphatic carbocycles. The maximum absolute atomic E-state index is 13.2. The molecule has 2 aromatic carbocycles. The molecular formula is C22H21Cl2FN2O2. The van der Waals surface area contributed by atoms with Crippen LogP contribution in [-0.2, 0) is 4.79 Å². The molecule has 152 valence electrons. The SMILES string of the molecule is CC1(C)[C@@H](C=C(Cl)Cl)[C@@H]1C(=O)N[C@H](Nc1ccc(F)cc1)C(=O)c1ccccc1. The monoisotopic (exact) mass is 434 g/mol. The molecule has 29 heavy (non-hydrogen) atoms. The van der Waals surface area contributed by atoms with Gasteiger partial charge in [0, 0.05) is 11.3 Å². The van der Waals surface area contributed by atoms with Gasteiger partial charge < -0.3 is 10.6 Å². The summed E-state index contributed by atoms with van der Waals surface area (Å²) in [6.45, 7) is 3.88. The van der Waals surface area contributed by atoms with E-state index in [1.54, 1.807) is 36.4 Å². The lowest BCUT2D eigenvalue weighted by Gasteiger charge is -2.21. The van der Waals surface area contributed by atoms with E-state index in [4.69, 9.17) is 23.2 Å². The molecule has 3 atom stereocenters. The third kappa shape index (κ3) is 4.98. The second kappa shape index (κ2) is 8.56. The molecule has 3 rings (SSSR count). The van der Waals surface area contributed by atoms with Crippen molar-refractivity contribution in [3.8, 4) is 0 Å². The van der Waals surface area contributed by atoms with Crippen LogP contribution in [0, 0.1) is 23.1 Å². The van der Waals surface area contributed by atoms with Gasteiger partial charge in [-0.2, -0.15) is 0 Å². The van der Waals surface area contributed by atoms with Crippen molar-refractivity contribution < 1.29 is 14.0 Å². The summed E-state index contributed by atoms with van der Waals surface area (Å²) >= 11 is 11.5. The summed E-state index contributed by atoms with van der Waals surface area (Å²) in [5.74, 6) is -1.46. The highest BCUT2D eigenvalue weighted by Gasteiger charge is 2.60. The lowest BCUT2D eigenvalue weighted by Crippen LogP contribution is -2.47. The standard InChI is InChI=1S/C22H21Cl2FN2O2/c1-22(2)16(12-17(23)24)18(22)21(29)27-20(19(28)13-6-4-3-5-7-13)26-15-10-8-14(25)9-11-15/h3-12,16,18,20,26H,1-2H3,(H,27,29)/t16-,18+,20-/m0/s1. The number of allylic oxidation sites excluding steroid dienone is 1. The molecule has 1 aliphatic rings. The molecule has 0 unspecified atom stereocenters. The number of carbonyl (C=O) groups is 2. The summed E-state index contributed by atoms with van der Waals surface area (Å²) < 4.78 is 13.3. The fourth-order valence-corrected chi connectivity index (χ4v) is 3.78. The number of benzene rings is 2. The third-order valence-corrected chi connectivity index (χ3v) is 5.51. The van der Waals surface area contributed by atoms with E-state index in [0.717, 1.165) is 0 Å². The van der Waals surface area contributed by atoms with Crippen LogP contribution in [-0.4, -0.2) is 17.9 Å². The molecule has 0 heterocycles. The minimum absolute atomic E-state index is 0.111. The molecule has 0 aromatic heterocycles. The summed E-state index contributed by atoms with van der Waals surface area (Å²) in [5.41, 5.74) is 0.633. The van der Waals surface area contributed by atoms with Gasteiger partial charge in [0.05, 0.1) is 5.92 Å². The van der Waals surface area contributed by atoms with Crippen molar-refractivity contribution in [1.29, 1.82) is 0 Å². The van der Waals surface area contributed by atoms with Crippen LogP contribution >= 0.6 is 23.2 Å². The molecule has 1 fully saturated rings. The lowest BCUT2D eigenvalue weighted by atomic mass is 10.1. The van der Waals surface area contributed by atoms with Crippen LogP contribution in [0.15, 0.2) is 65.2 Å². The van der Waals surface area contributed by atoms with E-state index in [1.165, 1.54) is 24.3 Å². The average Bonchev–Trinajstić information content (AvgIpc) is 3.22. The molecule has 0 radical (unpaired) electrons. The first kappa shape index (κ1) is 21.3. The van der Waals surface area contributed by atoms with Crippen LogP contribution < -0.4 is 10.6 Å². The molecule has 1 amide bonds. The number of carbonyl (C=O) groups excluding carboxylic acids is 2. The molecule has 4 nitrogen and oxygen atoms in total. The Labute approximate surface area is 179 Å². The molecule has 0 bridgehead atoms. The Morgan fingerprint density at radius 3 is 2.28 bits per heavy atom. The van der Waals surface area contributed by atoms with Crippen LogP contribution in [0.4, 0.5) is 10.1 Å². The quantitative estimate of drug-likeness (QED) is 0.467. The molecule has 2 N–H and O–H groups in total. The van der Waals surface area contributed by atoms with E-state index in [9.17, 15) is 14.0 Å². The second-order valence-electron chi connectivity index (χ2n) is 7.60. The van der Waals surface area contributed by atoms with E-state index in [0.29, 0.717) is 11.3 Å². The number of nitrogens with one attached hydrogen (secondary N) is 2. The summed E-state index contributed by atoms with van der Waals surface area (Å²) in [5, 5.41) is 5.78. The Morgan fingerprint density at radius 1 is 1.07 bits per heavy atom. The Kier molecular flexibility index (Phi) is 6.30. The van der Waals surface area contributed by atoms with Crippen molar-refractivity contribution in [2.45, 2.75) is 20.0 Å². The van der Waals surface area contributed by atoms with Crippen molar-refractivity contribution in [3.05, 3.63) is 76.5 Å². The topological polar surface area (TPSA) is 58.2 Å².